The van der Waals surface area contributed by atoms with Crippen LogP contribution in [0.1, 0.15) is 5.56 Å². The molecule has 0 atom stereocenters. The number of aryl methyl sites for hydroxylation is 1. The van der Waals surface area contributed by atoms with Gasteiger partial charge < -0.3 is 15.4 Å². The number of nitrogens with one attached hydrogen (secondary N) is 2. The second kappa shape index (κ2) is 6.86. The summed E-state index contributed by atoms with van der Waals surface area (Å²) in [6, 6.07) is 12.2. The van der Waals surface area contributed by atoms with E-state index < -0.39 is 4.92 Å². The van der Waals surface area contributed by atoms with Gasteiger partial charge in [-0.25, -0.2) is 0 Å². The van der Waals surface area contributed by atoms with Crippen molar-refractivity contribution in [1.29, 1.82) is 0 Å². The summed E-state index contributed by atoms with van der Waals surface area (Å²) in [4.78, 5) is 10.6. The highest BCUT2D eigenvalue weighted by Gasteiger charge is 2.16. The molecular formula is C15H15N3O3S. The zero-order valence-corrected chi connectivity index (χ0v) is 12.9. The van der Waals surface area contributed by atoms with E-state index in [1.165, 1.54) is 13.2 Å². The number of hydrogen-bond acceptors (Lipinski definition) is 4. The van der Waals surface area contributed by atoms with Crippen LogP contribution in [0.4, 0.5) is 17.1 Å². The topological polar surface area (TPSA) is 76.4 Å². The maximum absolute atomic E-state index is 11.1. The van der Waals surface area contributed by atoms with Crippen molar-refractivity contribution in [2.45, 2.75) is 6.92 Å². The summed E-state index contributed by atoms with van der Waals surface area (Å²) in [5, 5.41) is 17.2. The third-order valence-electron chi connectivity index (χ3n) is 2.93. The summed E-state index contributed by atoms with van der Waals surface area (Å²) in [7, 11) is 1.45. The summed E-state index contributed by atoms with van der Waals surface area (Å²) in [5.74, 6) is 0.412. The Morgan fingerprint density at radius 3 is 2.64 bits per heavy atom. The Bertz CT molecular complexity index is 719. The lowest BCUT2D eigenvalue weighted by Crippen LogP contribution is -2.19. The van der Waals surface area contributed by atoms with Crippen LogP contribution in [0.2, 0.25) is 0 Å². The molecule has 7 heteroatoms. The smallest absolute Gasteiger partial charge is 0.296 e. The number of nitrogens with zero attached hydrogens (tertiary/aromatic N) is 1. The van der Waals surface area contributed by atoms with Crippen molar-refractivity contribution >= 4 is 34.4 Å². The average molecular weight is 317 g/mol. The molecule has 0 spiro atoms. The molecule has 0 aliphatic rings. The van der Waals surface area contributed by atoms with Gasteiger partial charge in [0.1, 0.15) is 11.4 Å². The first-order valence-electron chi connectivity index (χ1n) is 6.46. The van der Waals surface area contributed by atoms with Gasteiger partial charge >= 0.3 is 0 Å². The molecule has 2 rings (SSSR count). The fraction of sp³-hybridized carbons (Fsp3) is 0.133. The zero-order chi connectivity index (χ0) is 16.1. The molecule has 0 amide bonds. The van der Waals surface area contributed by atoms with E-state index in [2.05, 4.69) is 10.6 Å². The minimum atomic E-state index is -0.486. The Morgan fingerprint density at radius 2 is 2.00 bits per heavy atom. The SMILES string of the molecule is COc1ccc(NC(=S)Nc2cccc(C)c2)c([N+](=O)[O-])c1. The van der Waals surface area contributed by atoms with Crippen molar-refractivity contribution in [1.82, 2.24) is 0 Å². The molecule has 0 heterocycles. The van der Waals surface area contributed by atoms with Crippen molar-refractivity contribution in [2.24, 2.45) is 0 Å². The number of ether oxygens (including phenoxy) is 1. The predicted octanol–water partition coefficient (Wildman–Crippen LogP) is 3.72. The third kappa shape index (κ3) is 3.92. The van der Waals surface area contributed by atoms with Crippen LogP contribution in [0, 0.1) is 17.0 Å². The van der Waals surface area contributed by atoms with E-state index >= 15 is 0 Å². The normalized spacial score (nSPS) is 9.91. The van der Waals surface area contributed by atoms with Gasteiger partial charge in [-0.2, -0.15) is 0 Å². The Morgan fingerprint density at radius 1 is 1.23 bits per heavy atom. The van der Waals surface area contributed by atoms with E-state index in [0.717, 1.165) is 11.3 Å². The van der Waals surface area contributed by atoms with Gasteiger partial charge in [0.25, 0.3) is 5.69 Å². The van der Waals surface area contributed by atoms with Crippen molar-refractivity contribution in [3.05, 3.63) is 58.1 Å². The molecule has 2 aromatic carbocycles. The largest absolute Gasteiger partial charge is 0.496 e. The summed E-state index contributed by atoms with van der Waals surface area (Å²) in [6.45, 7) is 1.97. The molecule has 0 aliphatic heterocycles. The number of rotatable bonds is 4. The Balaban J connectivity index is 2.16. The van der Waals surface area contributed by atoms with Crippen LogP contribution in [-0.4, -0.2) is 17.1 Å². The molecule has 0 bridgehead atoms. The second-order valence-corrected chi connectivity index (χ2v) is 5.00. The van der Waals surface area contributed by atoms with Crippen molar-refractivity contribution in [3.8, 4) is 5.75 Å². The predicted molar refractivity (Wildman–Crippen MR) is 90.7 cm³/mol. The Labute approximate surface area is 133 Å². The number of methoxy groups -OCH3 is 1. The number of benzene rings is 2. The van der Waals surface area contributed by atoms with Gasteiger partial charge in [-0.1, -0.05) is 12.1 Å². The molecule has 0 aliphatic carbocycles. The van der Waals surface area contributed by atoms with E-state index in [9.17, 15) is 10.1 Å². The molecule has 0 saturated carbocycles. The van der Waals surface area contributed by atoms with Crippen LogP contribution in [-0.2, 0) is 0 Å². The highest BCUT2D eigenvalue weighted by molar-refractivity contribution is 7.80. The van der Waals surface area contributed by atoms with Gasteiger partial charge in [-0.05, 0) is 49.0 Å². The first-order chi connectivity index (χ1) is 10.5. The Hall–Kier alpha value is -2.67. The van der Waals surface area contributed by atoms with Gasteiger partial charge in [-0.3, -0.25) is 10.1 Å². The molecule has 2 aromatic rings. The van der Waals surface area contributed by atoms with Gasteiger partial charge in [0.05, 0.1) is 18.1 Å². The van der Waals surface area contributed by atoms with Crippen molar-refractivity contribution in [3.63, 3.8) is 0 Å². The minimum Gasteiger partial charge on any atom is -0.496 e. The summed E-state index contributed by atoms with van der Waals surface area (Å²) in [6.07, 6.45) is 0. The van der Waals surface area contributed by atoms with Crippen LogP contribution >= 0.6 is 12.2 Å². The fourth-order valence-corrected chi connectivity index (χ4v) is 2.13. The van der Waals surface area contributed by atoms with Gasteiger partial charge in [0.2, 0.25) is 0 Å². The van der Waals surface area contributed by atoms with Gasteiger partial charge in [0, 0.05) is 5.69 Å². The summed E-state index contributed by atoms with van der Waals surface area (Å²) >= 11 is 5.19. The molecule has 22 heavy (non-hydrogen) atoms. The molecule has 6 nitrogen and oxygen atoms in total. The van der Waals surface area contributed by atoms with E-state index in [1.807, 2.05) is 31.2 Å². The summed E-state index contributed by atoms with van der Waals surface area (Å²) in [5.41, 5.74) is 2.10. The van der Waals surface area contributed by atoms with Gasteiger partial charge in [0.15, 0.2) is 5.11 Å². The molecule has 2 N–H and O–H groups in total. The molecular weight excluding hydrogens is 302 g/mol. The fourth-order valence-electron chi connectivity index (χ4n) is 1.90. The van der Waals surface area contributed by atoms with E-state index in [-0.39, 0.29) is 10.8 Å². The lowest BCUT2D eigenvalue weighted by molar-refractivity contribution is -0.384. The highest BCUT2D eigenvalue weighted by atomic mass is 32.1. The first-order valence-corrected chi connectivity index (χ1v) is 6.87. The molecule has 0 fully saturated rings. The Kier molecular flexibility index (Phi) is 4.90. The quantitative estimate of drug-likeness (QED) is 0.508. The number of anilines is 2. The second-order valence-electron chi connectivity index (χ2n) is 4.59. The number of hydrogen-bond donors (Lipinski definition) is 2. The average Bonchev–Trinajstić information content (AvgIpc) is 2.47. The molecule has 0 saturated heterocycles. The standard InChI is InChI=1S/C15H15N3O3S/c1-10-4-3-5-11(8-10)16-15(22)17-13-7-6-12(21-2)9-14(13)18(19)20/h3-9H,1-2H3,(H2,16,17,22). The highest BCUT2D eigenvalue weighted by Crippen LogP contribution is 2.29. The third-order valence-corrected chi connectivity index (χ3v) is 3.13. The monoisotopic (exact) mass is 317 g/mol. The van der Waals surface area contributed by atoms with Crippen LogP contribution in [0.5, 0.6) is 5.75 Å². The molecule has 0 unspecified atom stereocenters. The summed E-state index contributed by atoms with van der Waals surface area (Å²) < 4.78 is 4.99. The van der Waals surface area contributed by atoms with Gasteiger partial charge in [-0.15, -0.1) is 0 Å². The van der Waals surface area contributed by atoms with Crippen LogP contribution in [0.15, 0.2) is 42.5 Å². The maximum atomic E-state index is 11.1. The van der Waals surface area contributed by atoms with E-state index in [4.69, 9.17) is 17.0 Å². The molecule has 0 radical (unpaired) electrons. The van der Waals surface area contributed by atoms with Crippen molar-refractivity contribution < 1.29 is 9.66 Å². The van der Waals surface area contributed by atoms with Crippen LogP contribution < -0.4 is 15.4 Å². The number of nitro benzene ring substituents is 1. The minimum absolute atomic E-state index is 0.104. The van der Waals surface area contributed by atoms with Crippen LogP contribution in [0.3, 0.4) is 0 Å². The van der Waals surface area contributed by atoms with E-state index in [0.29, 0.717) is 11.4 Å². The molecule has 114 valence electrons. The lowest BCUT2D eigenvalue weighted by atomic mass is 10.2. The molecule has 0 aromatic heterocycles. The zero-order valence-electron chi connectivity index (χ0n) is 12.1. The van der Waals surface area contributed by atoms with E-state index in [1.54, 1.807) is 12.1 Å². The maximum Gasteiger partial charge on any atom is 0.296 e. The first kappa shape index (κ1) is 15.7. The number of thiocarbonyl (C=S) groups is 1. The van der Waals surface area contributed by atoms with Crippen molar-refractivity contribution in [2.75, 3.05) is 17.7 Å². The van der Waals surface area contributed by atoms with Crippen LogP contribution in [0.25, 0.3) is 0 Å². The number of nitro groups is 1. The lowest BCUT2D eigenvalue weighted by Gasteiger charge is -2.11.